The molecule has 7 heteroatoms. The Morgan fingerprint density at radius 1 is 1.19 bits per heavy atom. The highest BCUT2D eigenvalue weighted by Gasteiger charge is 2.06. The van der Waals surface area contributed by atoms with Crippen LogP contribution >= 0.6 is 0 Å². The second-order valence-corrected chi connectivity index (χ2v) is 4.50. The number of anilines is 2. The van der Waals surface area contributed by atoms with E-state index in [1.54, 1.807) is 18.6 Å². The molecule has 4 N–H and O–H groups in total. The monoisotopic (exact) mass is 282 g/mol. The molecule has 0 atom stereocenters. The van der Waals surface area contributed by atoms with Crippen LogP contribution in [0, 0.1) is 6.92 Å². The number of aromatic amines is 2. The van der Waals surface area contributed by atoms with Crippen molar-refractivity contribution in [1.29, 1.82) is 0 Å². The number of imidazole rings is 1. The van der Waals surface area contributed by atoms with Crippen LogP contribution in [0.25, 0.3) is 11.4 Å². The maximum absolute atomic E-state index is 11.9. The number of benzene rings is 1. The van der Waals surface area contributed by atoms with Gasteiger partial charge in [-0.25, -0.2) is 9.78 Å². The summed E-state index contributed by atoms with van der Waals surface area (Å²) in [4.78, 5) is 19.1. The number of nitrogens with zero attached hydrogens (tertiary/aromatic N) is 2. The summed E-state index contributed by atoms with van der Waals surface area (Å²) in [7, 11) is 0. The lowest BCUT2D eigenvalue weighted by atomic mass is 10.2. The number of nitrogens with one attached hydrogen (secondary N) is 4. The quantitative estimate of drug-likeness (QED) is 0.594. The summed E-state index contributed by atoms with van der Waals surface area (Å²) in [5, 5.41) is 12.1. The molecule has 0 radical (unpaired) electrons. The van der Waals surface area contributed by atoms with Crippen molar-refractivity contribution in [1.82, 2.24) is 20.2 Å². The predicted molar refractivity (Wildman–Crippen MR) is 80.0 cm³/mol. The zero-order valence-electron chi connectivity index (χ0n) is 11.3. The fourth-order valence-corrected chi connectivity index (χ4v) is 1.90. The lowest BCUT2D eigenvalue weighted by Gasteiger charge is -2.07. The van der Waals surface area contributed by atoms with Gasteiger partial charge in [0, 0.05) is 23.6 Å². The smallest absolute Gasteiger partial charge is 0.323 e. The molecule has 0 saturated carbocycles. The summed E-state index contributed by atoms with van der Waals surface area (Å²) in [6.07, 6.45) is 5.03. The van der Waals surface area contributed by atoms with Crippen molar-refractivity contribution < 1.29 is 4.79 Å². The molecule has 2 aromatic heterocycles. The first-order valence-electron chi connectivity index (χ1n) is 6.40. The zero-order chi connectivity index (χ0) is 14.7. The standard InChI is InChI=1S/C14H14N6O/c1-9-12(8-17-20-9)19-14(21)18-11-4-2-10(3-5-11)13-15-6-7-16-13/h2-8H,1H3,(H,15,16)(H,17,20)(H2,18,19,21). The minimum atomic E-state index is -0.315. The fourth-order valence-electron chi connectivity index (χ4n) is 1.90. The number of aryl methyl sites for hydroxylation is 1. The third kappa shape index (κ3) is 2.92. The highest BCUT2D eigenvalue weighted by Crippen LogP contribution is 2.18. The molecule has 106 valence electrons. The van der Waals surface area contributed by atoms with E-state index >= 15 is 0 Å². The molecule has 0 fully saturated rings. The first-order valence-corrected chi connectivity index (χ1v) is 6.40. The van der Waals surface area contributed by atoms with Gasteiger partial charge >= 0.3 is 6.03 Å². The highest BCUT2D eigenvalue weighted by atomic mass is 16.2. The Kier molecular flexibility index (Phi) is 3.38. The van der Waals surface area contributed by atoms with Gasteiger partial charge in [-0.15, -0.1) is 0 Å². The van der Waals surface area contributed by atoms with Crippen LogP contribution in [0.4, 0.5) is 16.2 Å². The summed E-state index contributed by atoms with van der Waals surface area (Å²) < 4.78 is 0. The molecule has 0 unspecified atom stereocenters. The third-order valence-electron chi connectivity index (χ3n) is 2.99. The van der Waals surface area contributed by atoms with Gasteiger partial charge in [0.15, 0.2) is 0 Å². The average molecular weight is 282 g/mol. The maximum atomic E-state index is 11.9. The van der Waals surface area contributed by atoms with Gasteiger partial charge in [0.05, 0.1) is 17.6 Å². The largest absolute Gasteiger partial charge is 0.345 e. The molecule has 21 heavy (non-hydrogen) atoms. The van der Waals surface area contributed by atoms with E-state index in [4.69, 9.17) is 0 Å². The molecule has 3 aromatic rings. The molecule has 0 spiro atoms. The number of carbonyl (C=O) groups excluding carboxylic acids is 1. The Labute approximate surface area is 120 Å². The van der Waals surface area contributed by atoms with Crippen LogP contribution in [0.1, 0.15) is 5.69 Å². The minimum absolute atomic E-state index is 0.315. The van der Waals surface area contributed by atoms with Gasteiger partial charge in [-0.3, -0.25) is 5.10 Å². The zero-order valence-corrected chi connectivity index (χ0v) is 11.3. The molecular weight excluding hydrogens is 268 g/mol. The van der Waals surface area contributed by atoms with E-state index in [2.05, 4.69) is 30.8 Å². The Hall–Kier alpha value is -3.09. The van der Waals surface area contributed by atoms with E-state index < -0.39 is 0 Å². The molecule has 0 saturated heterocycles. The number of carbonyl (C=O) groups is 1. The lowest BCUT2D eigenvalue weighted by Crippen LogP contribution is -2.19. The van der Waals surface area contributed by atoms with Crippen molar-refractivity contribution in [2.45, 2.75) is 6.92 Å². The van der Waals surface area contributed by atoms with Crippen LogP contribution in [0.15, 0.2) is 42.9 Å². The van der Waals surface area contributed by atoms with E-state index in [1.165, 1.54) is 0 Å². The van der Waals surface area contributed by atoms with Crippen molar-refractivity contribution in [2.75, 3.05) is 10.6 Å². The summed E-state index contributed by atoms with van der Waals surface area (Å²) in [5.41, 5.74) is 3.11. The van der Waals surface area contributed by atoms with Crippen molar-refractivity contribution >= 4 is 17.4 Å². The molecular formula is C14H14N6O. The molecule has 0 aliphatic heterocycles. The molecule has 7 nitrogen and oxygen atoms in total. The molecule has 2 amide bonds. The Bertz CT molecular complexity index is 729. The Balaban J connectivity index is 1.65. The normalized spacial score (nSPS) is 10.3. The van der Waals surface area contributed by atoms with Crippen LogP contribution in [0.2, 0.25) is 0 Å². The van der Waals surface area contributed by atoms with Gasteiger partial charge < -0.3 is 15.6 Å². The van der Waals surface area contributed by atoms with Crippen LogP contribution in [-0.2, 0) is 0 Å². The van der Waals surface area contributed by atoms with Crippen molar-refractivity contribution in [3.05, 3.63) is 48.5 Å². The molecule has 0 aliphatic carbocycles. The van der Waals surface area contributed by atoms with E-state index in [9.17, 15) is 4.79 Å². The summed E-state index contributed by atoms with van der Waals surface area (Å²) in [5.74, 6) is 0.792. The number of hydrogen-bond acceptors (Lipinski definition) is 3. The summed E-state index contributed by atoms with van der Waals surface area (Å²) in [6.45, 7) is 1.83. The SMILES string of the molecule is Cc1[nH]ncc1NC(=O)Nc1ccc(-c2ncc[nH]2)cc1. The van der Waals surface area contributed by atoms with Crippen molar-refractivity contribution in [2.24, 2.45) is 0 Å². The molecule has 1 aromatic carbocycles. The highest BCUT2D eigenvalue weighted by molar-refractivity contribution is 6.00. The predicted octanol–water partition coefficient (Wildman–Crippen LogP) is 2.75. The van der Waals surface area contributed by atoms with E-state index in [0.717, 1.165) is 17.1 Å². The molecule has 0 bridgehead atoms. The van der Waals surface area contributed by atoms with Crippen LogP contribution in [0.5, 0.6) is 0 Å². The topological polar surface area (TPSA) is 98.5 Å². The Morgan fingerprint density at radius 3 is 2.62 bits per heavy atom. The first kappa shape index (κ1) is 12.9. The number of amides is 2. The molecule has 0 aliphatic rings. The number of rotatable bonds is 3. The van der Waals surface area contributed by atoms with Gasteiger partial charge in [0.2, 0.25) is 0 Å². The van der Waals surface area contributed by atoms with Gasteiger partial charge in [-0.1, -0.05) is 0 Å². The summed E-state index contributed by atoms with van der Waals surface area (Å²) >= 11 is 0. The van der Waals surface area contributed by atoms with Crippen LogP contribution < -0.4 is 10.6 Å². The van der Waals surface area contributed by atoms with Crippen molar-refractivity contribution in [3.8, 4) is 11.4 Å². The summed E-state index contributed by atoms with van der Waals surface area (Å²) in [6, 6.07) is 7.10. The second-order valence-electron chi connectivity index (χ2n) is 4.50. The first-order chi connectivity index (χ1) is 10.2. The Morgan fingerprint density at radius 2 is 2.00 bits per heavy atom. The number of urea groups is 1. The van der Waals surface area contributed by atoms with E-state index in [0.29, 0.717) is 11.4 Å². The van der Waals surface area contributed by atoms with Gasteiger partial charge in [-0.2, -0.15) is 5.10 Å². The van der Waals surface area contributed by atoms with Crippen LogP contribution in [0.3, 0.4) is 0 Å². The number of aromatic nitrogens is 4. The van der Waals surface area contributed by atoms with Crippen LogP contribution in [-0.4, -0.2) is 26.2 Å². The second kappa shape index (κ2) is 5.49. The third-order valence-corrected chi connectivity index (χ3v) is 2.99. The van der Waals surface area contributed by atoms with Gasteiger partial charge in [-0.05, 0) is 31.2 Å². The number of hydrogen-bond donors (Lipinski definition) is 4. The van der Waals surface area contributed by atoms with E-state index in [1.807, 2.05) is 31.2 Å². The molecule has 3 rings (SSSR count). The fraction of sp³-hybridized carbons (Fsp3) is 0.0714. The maximum Gasteiger partial charge on any atom is 0.323 e. The van der Waals surface area contributed by atoms with Gasteiger partial charge in [0.25, 0.3) is 0 Å². The minimum Gasteiger partial charge on any atom is -0.345 e. The van der Waals surface area contributed by atoms with E-state index in [-0.39, 0.29) is 6.03 Å². The van der Waals surface area contributed by atoms with Crippen molar-refractivity contribution in [3.63, 3.8) is 0 Å². The van der Waals surface area contributed by atoms with Gasteiger partial charge in [0.1, 0.15) is 5.82 Å². The lowest BCUT2D eigenvalue weighted by molar-refractivity contribution is 0.262. The molecule has 2 heterocycles. The average Bonchev–Trinajstić information content (AvgIpc) is 3.12. The number of H-pyrrole nitrogens is 2.